The number of hydrogen-bond donors (Lipinski definition) is 1. The topological polar surface area (TPSA) is 111 Å². The third-order valence-corrected chi connectivity index (χ3v) is 4.15. The minimum atomic E-state index is -0.600. The van der Waals surface area contributed by atoms with E-state index < -0.39 is 4.92 Å². The molecule has 0 unspecified atom stereocenters. The van der Waals surface area contributed by atoms with E-state index >= 15 is 0 Å². The standard InChI is InChI=1S/C19H13ClN6O3/c20-14-3-5-16(6-4-14)25-12-13(10-22-23-15-2-1-9-21-11-15)19(24-25)17-7-8-18(29-17)26(27)28/h1-12,23H/b22-10+. The summed E-state index contributed by atoms with van der Waals surface area (Å²) in [5, 5.41) is 20.3. The van der Waals surface area contributed by atoms with Crippen LogP contribution in [0.25, 0.3) is 17.1 Å². The van der Waals surface area contributed by atoms with Gasteiger partial charge in [0, 0.05) is 23.0 Å². The van der Waals surface area contributed by atoms with Gasteiger partial charge >= 0.3 is 5.88 Å². The lowest BCUT2D eigenvalue weighted by Gasteiger charge is -2.00. The molecule has 3 aromatic heterocycles. The summed E-state index contributed by atoms with van der Waals surface area (Å²) >= 11 is 5.95. The van der Waals surface area contributed by atoms with E-state index in [9.17, 15) is 10.1 Å². The monoisotopic (exact) mass is 408 g/mol. The third kappa shape index (κ3) is 4.14. The molecule has 3 heterocycles. The number of hydrogen-bond acceptors (Lipinski definition) is 7. The van der Waals surface area contributed by atoms with Crippen LogP contribution in [0, 0.1) is 10.1 Å². The molecule has 9 nitrogen and oxygen atoms in total. The zero-order valence-electron chi connectivity index (χ0n) is 14.8. The highest BCUT2D eigenvalue weighted by Gasteiger charge is 2.18. The van der Waals surface area contributed by atoms with Gasteiger partial charge in [-0.15, -0.1) is 0 Å². The first-order valence-electron chi connectivity index (χ1n) is 8.39. The Bertz CT molecular complexity index is 1170. The van der Waals surface area contributed by atoms with Crippen molar-refractivity contribution in [3.63, 3.8) is 0 Å². The van der Waals surface area contributed by atoms with Crippen molar-refractivity contribution < 1.29 is 9.34 Å². The molecule has 0 radical (unpaired) electrons. The number of furan rings is 1. The first-order valence-corrected chi connectivity index (χ1v) is 8.77. The van der Waals surface area contributed by atoms with Crippen molar-refractivity contribution in [1.82, 2.24) is 14.8 Å². The van der Waals surface area contributed by atoms with Gasteiger partial charge in [0.05, 0.1) is 29.9 Å². The Kier molecular flexibility index (Phi) is 5.04. The molecular weight excluding hydrogens is 396 g/mol. The number of anilines is 1. The van der Waals surface area contributed by atoms with Gasteiger partial charge in [0.1, 0.15) is 10.6 Å². The van der Waals surface area contributed by atoms with Gasteiger partial charge < -0.3 is 4.42 Å². The van der Waals surface area contributed by atoms with Crippen LogP contribution in [-0.4, -0.2) is 25.9 Å². The maximum Gasteiger partial charge on any atom is 0.433 e. The van der Waals surface area contributed by atoms with Gasteiger partial charge in [0.25, 0.3) is 0 Å². The minimum absolute atomic E-state index is 0.257. The molecule has 1 N–H and O–H groups in total. The number of pyridine rings is 1. The normalized spacial score (nSPS) is 11.1. The number of rotatable bonds is 6. The van der Waals surface area contributed by atoms with Crippen molar-refractivity contribution in [3.05, 3.63) is 87.8 Å². The Hall–Kier alpha value is -3.98. The SMILES string of the molecule is O=[N+]([O-])c1ccc(-c2nn(-c3ccc(Cl)cc3)cc2/C=N/Nc2cccnc2)o1. The van der Waals surface area contributed by atoms with Gasteiger partial charge in [-0.25, -0.2) is 4.68 Å². The molecule has 29 heavy (non-hydrogen) atoms. The summed E-state index contributed by atoms with van der Waals surface area (Å²) in [7, 11) is 0. The number of benzene rings is 1. The van der Waals surface area contributed by atoms with Gasteiger partial charge in [-0.2, -0.15) is 10.2 Å². The van der Waals surface area contributed by atoms with E-state index in [1.54, 1.807) is 59.8 Å². The summed E-state index contributed by atoms with van der Waals surface area (Å²) in [5.74, 6) is -0.107. The largest absolute Gasteiger partial charge is 0.433 e. The first kappa shape index (κ1) is 18.4. The zero-order chi connectivity index (χ0) is 20.2. The predicted octanol–water partition coefficient (Wildman–Crippen LogP) is 4.53. The fourth-order valence-corrected chi connectivity index (χ4v) is 2.68. The number of nitrogens with one attached hydrogen (secondary N) is 1. The molecule has 0 bridgehead atoms. The summed E-state index contributed by atoms with van der Waals surface area (Å²) < 4.78 is 6.93. The Balaban J connectivity index is 1.70. The lowest BCUT2D eigenvalue weighted by atomic mass is 10.2. The first-order chi connectivity index (χ1) is 14.1. The molecule has 0 saturated carbocycles. The van der Waals surface area contributed by atoms with E-state index in [1.165, 1.54) is 12.1 Å². The highest BCUT2D eigenvalue weighted by Crippen LogP contribution is 2.28. The van der Waals surface area contributed by atoms with Crippen molar-refractivity contribution in [2.24, 2.45) is 5.10 Å². The maximum atomic E-state index is 10.9. The summed E-state index contributed by atoms with van der Waals surface area (Å²) in [5.41, 5.74) is 5.34. The number of nitrogens with zero attached hydrogens (tertiary/aromatic N) is 5. The van der Waals surface area contributed by atoms with Gasteiger partial charge in [-0.05, 0) is 42.5 Å². The second kappa shape index (κ2) is 7.95. The summed E-state index contributed by atoms with van der Waals surface area (Å²) in [6, 6.07) is 13.5. The Labute approximate surface area is 169 Å². The van der Waals surface area contributed by atoms with Crippen LogP contribution in [0.3, 0.4) is 0 Å². The van der Waals surface area contributed by atoms with Crippen LogP contribution >= 0.6 is 11.6 Å². The van der Waals surface area contributed by atoms with Gasteiger partial charge in [-0.1, -0.05) is 11.6 Å². The highest BCUT2D eigenvalue weighted by atomic mass is 35.5. The van der Waals surface area contributed by atoms with E-state index in [4.69, 9.17) is 16.0 Å². The van der Waals surface area contributed by atoms with Gasteiger partial charge in [-0.3, -0.25) is 20.5 Å². The zero-order valence-corrected chi connectivity index (χ0v) is 15.5. The third-order valence-electron chi connectivity index (χ3n) is 3.90. The van der Waals surface area contributed by atoms with E-state index in [-0.39, 0.29) is 11.6 Å². The van der Waals surface area contributed by atoms with Crippen LogP contribution < -0.4 is 5.43 Å². The second-order valence-corrected chi connectivity index (χ2v) is 6.30. The van der Waals surface area contributed by atoms with Crippen LogP contribution in [0.5, 0.6) is 0 Å². The lowest BCUT2D eigenvalue weighted by molar-refractivity contribution is -0.401. The van der Waals surface area contributed by atoms with E-state index in [0.29, 0.717) is 22.0 Å². The fraction of sp³-hybridized carbons (Fsp3) is 0. The predicted molar refractivity (Wildman–Crippen MR) is 108 cm³/mol. The molecule has 0 aliphatic carbocycles. The summed E-state index contributed by atoms with van der Waals surface area (Å²) in [6.45, 7) is 0. The van der Waals surface area contributed by atoms with E-state index in [0.717, 1.165) is 5.69 Å². The average Bonchev–Trinajstić information content (AvgIpc) is 3.37. The molecule has 0 saturated heterocycles. The quantitative estimate of drug-likeness (QED) is 0.285. The minimum Gasteiger partial charge on any atom is -0.399 e. The van der Waals surface area contributed by atoms with Crippen LogP contribution in [-0.2, 0) is 0 Å². The van der Waals surface area contributed by atoms with Crippen molar-refractivity contribution in [1.29, 1.82) is 0 Å². The molecular formula is C19H13ClN6O3. The fourth-order valence-electron chi connectivity index (χ4n) is 2.56. The van der Waals surface area contributed by atoms with Crippen molar-refractivity contribution >= 4 is 29.4 Å². The van der Waals surface area contributed by atoms with Crippen molar-refractivity contribution in [3.8, 4) is 17.1 Å². The number of halogens is 1. The van der Waals surface area contributed by atoms with E-state index in [1.807, 2.05) is 6.07 Å². The highest BCUT2D eigenvalue weighted by molar-refractivity contribution is 6.30. The Morgan fingerprint density at radius 3 is 2.72 bits per heavy atom. The molecule has 10 heteroatoms. The number of nitro groups is 1. The van der Waals surface area contributed by atoms with Crippen molar-refractivity contribution in [2.45, 2.75) is 0 Å². The van der Waals surface area contributed by atoms with E-state index in [2.05, 4.69) is 20.6 Å². The van der Waals surface area contributed by atoms with Crippen LogP contribution in [0.2, 0.25) is 5.02 Å². The smallest absolute Gasteiger partial charge is 0.399 e. The molecule has 1 aromatic carbocycles. The van der Waals surface area contributed by atoms with Gasteiger partial charge in [0.15, 0.2) is 5.76 Å². The Morgan fingerprint density at radius 2 is 2.03 bits per heavy atom. The molecule has 4 rings (SSSR count). The molecule has 0 atom stereocenters. The number of aromatic nitrogens is 3. The summed E-state index contributed by atoms with van der Waals surface area (Å²) in [6.07, 6.45) is 6.58. The molecule has 144 valence electrons. The Morgan fingerprint density at radius 1 is 1.21 bits per heavy atom. The van der Waals surface area contributed by atoms with Crippen molar-refractivity contribution in [2.75, 3.05) is 5.43 Å². The molecule has 0 aliphatic rings. The van der Waals surface area contributed by atoms with Crippen LogP contribution in [0.1, 0.15) is 5.56 Å². The molecule has 4 aromatic rings. The van der Waals surface area contributed by atoms with Gasteiger partial charge in [0.2, 0.25) is 0 Å². The van der Waals surface area contributed by atoms with Crippen LogP contribution in [0.4, 0.5) is 11.6 Å². The molecule has 0 aliphatic heterocycles. The average molecular weight is 409 g/mol. The molecule has 0 spiro atoms. The summed E-state index contributed by atoms with van der Waals surface area (Å²) in [4.78, 5) is 14.4. The van der Waals surface area contributed by atoms with Crippen LogP contribution in [0.15, 0.2) is 76.6 Å². The maximum absolute atomic E-state index is 10.9. The second-order valence-electron chi connectivity index (χ2n) is 5.86. The lowest BCUT2D eigenvalue weighted by Crippen LogP contribution is -1.94. The number of hydrazone groups is 1. The molecule has 0 fully saturated rings. The molecule has 0 amide bonds.